The molecule has 2 amide bonds. The molecule has 2 N–H and O–H groups in total. The number of hydrogen-bond donors (Lipinski definition) is 2. The zero-order chi connectivity index (χ0) is 29.0. The van der Waals surface area contributed by atoms with Crippen molar-refractivity contribution in [1.82, 2.24) is 5.43 Å². The Hall–Kier alpha value is -5.50. The third kappa shape index (κ3) is 8.24. The van der Waals surface area contributed by atoms with Crippen molar-refractivity contribution in [2.75, 3.05) is 11.9 Å². The van der Waals surface area contributed by atoms with E-state index in [4.69, 9.17) is 9.47 Å². The van der Waals surface area contributed by atoms with Crippen LogP contribution in [0.4, 0.5) is 5.69 Å². The van der Waals surface area contributed by atoms with Crippen molar-refractivity contribution in [3.05, 3.63) is 131 Å². The van der Waals surface area contributed by atoms with E-state index in [9.17, 15) is 14.4 Å². The fourth-order valence-electron chi connectivity index (χ4n) is 3.74. The van der Waals surface area contributed by atoms with Gasteiger partial charge in [0.1, 0.15) is 0 Å². The molecule has 8 heteroatoms. The molecule has 8 nitrogen and oxygen atoms in total. The highest BCUT2D eigenvalue weighted by Crippen LogP contribution is 2.28. The molecule has 0 bridgehead atoms. The maximum Gasteiger partial charge on any atom is 0.336 e. The Labute approximate surface area is 238 Å². The van der Waals surface area contributed by atoms with E-state index in [2.05, 4.69) is 15.8 Å². The molecular weight excluding hydrogens is 518 g/mol. The van der Waals surface area contributed by atoms with Crippen molar-refractivity contribution >= 4 is 35.8 Å². The van der Waals surface area contributed by atoms with Gasteiger partial charge in [-0.3, -0.25) is 9.59 Å². The zero-order valence-electron chi connectivity index (χ0n) is 22.7. The Kier molecular flexibility index (Phi) is 9.77. The first-order valence-corrected chi connectivity index (χ1v) is 12.9. The summed E-state index contributed by atoms with van der Waals surface area (Å²) in [6, 6.07) is 28.1. The minimum atomic E-state index is -0.545. The van der Waals surface area contributed by atoms with E-state index in [1.165, 1.54) is 12.3 Å². The van der Waals surface area contributed by atoms with Crippen LogP contribution in [0.15, 0.2) is 108 Å². The van der Waals surface area contributed by atoms with Crippen molar-refractivity contribution in [3.8, 4) is 11.5 Å². The van der Waals surface area contributed by atoms with E-state index in [1.807, 2.05) is 56.3 Å². The summed E-state index contributed by atoms with van der Waals surface area (Å²) < 4.78 is 11.1. The van der Waals surface area contributed by atoms with E-state index in [-0.39, 0.29) is 17.2 Å². The van der Waals surface area contributed by atoms with Gasteiger partial charge in [0.15, 0.2) is 11.5 Å². The van der Waals surface area contributed by atoms with E-state index in [0.29, 0.717) is 29.2 Å². The predicted molar refractivity (Wildman–Crippen MR) is 159 cm³/mol. The number of nitrogens with zero attached hydrogens (tertiary/aromatic N) is 1. The number of hydrogen-bond acceptors (Lipinski definition) is 6. The van der Waals surface area contributed by atoms with Crippen LogP contribution in [-0.4, -0.2) is 30.6 Å². The van der Waals surface area contributed by atoms with Crippen LogP contribution in [0, 0.1) is 6.92 Å². The van der Waals surface area contributed by atoms with Gasteiger partial charge >= 0.3 is 5.97 Å². The molecule has 0 spiro atoms. The number of hydrazone groups is 1. The molecule has 206 valence electrons. The molecule has 4 aromatic rings. The maximum absolute atomic E-state index is 12.9. The Morgan fingerprint density at radius 3 is 2.29 bits per heavy atom. The highest BCUT2D eigenvalue weighted by molar-refractivity contribution is 6.09. The van der Waals surface area contributed by atoms with Crippen molar-refractivity contribution in [1.29, 1.82) is 0 Å². The summed E-state index contributed by atoms with van der Waals surface area (Å²) in [5.74, 6) is -0.755. The average molecular weight is 548 g/mol. The van der Waals surface area contributed by atoms with Crippen LogP contribution in [0.2, 0.25) is 0 Å². The van der Waals surface area contributed by atoms with Crippen LogP contribution in [-0.2, 0) is 4.79 Å². The lowest BCUT2D eigenvalue weighted by atomic mass is 10.1. The van der Waals surface area contributed by atoms with Crippen LogP contribution in [0.1, 0.15) is 44.3 Å². The molecule has 0 radical (unpaired) electrons. The Bertz CT molecular complexity index is 1580. The van der Waals surface area contributed by atoms with Crippen LogP contribution in [0.5, 0.6) is 11.5 Å². The van der Waals surface area contributed by atoms with Gasteiger partial charge in [0.25, 0.3) is 11.8 Å². The number of rotatable bonds is 10. The standard InChI is InChI=1S/C33H29N3O5/c1-3-40-30-21-25(15-19-29(30)41-31(37)20-16-24-9-5-4-6-10-24)22-34-36-33(39)27-11-7-8-12-28(27)35-32(38)26-17-13-23(2)14-18-26/h4-22H,3H2,1-2H3,(H,35,38)(H,36,39)/b20-16+,34-22-. The zero-order valence-corrected chi connectivity index (χ0v) is 22.7. The van der Waals surface area contributed by atoms with E-state index >= 15 is 0 Å². The van der Waals surface area contributed by atoms with Gasteiger partial charge in [-0.15, -0.1) is 0 Å². The SMILES string of the molecule is CCOc1cc(/C=N\NC(=O)c2ccccc2NC(=O)c2ccc(C)cc2)ccc1OC(=O)/C=C/c1ccccc1. The summed E-state index contributed by atoms with van der Waals surface area (Å²) in [5.41, 5.74) is 6.10. The summed E-state index contributed by atoms with van der Waals surface area (Å²) in [6.45, 7) is 4.11. The maximum atomic E-state index is 12.9. The van der Waals surface area contributed by atoms with Crippen molar-refractivity contribution < 1.29 is 23.9 Å². The van der Waals surface area contributed by atoms with Gasteiger partial charge in [0.2, 0.25) is 0 Å². The molecule has 0 heterocycles. The summed E-state index contributed by atoms with van der Waals surface area (Å²) in [7, 11) is 0. The molecule has 0 aliphatic carbocycles. The molecule has 0 aliphatic rings. The molecule has 0 aliphatic heterocycles. The first kappa shape index (κ1) is 28.5. The highest BCUT2D eigenvalue weighted by Gasteiger charge is 2.14. The molecule has 41 heavy (non-hydrogen) atoms. The first-order chi connectivity index (χ1) is 19.9. The van der Waals surface area contributed by atoms with Crippen LogP contribution >= 0.6 is 0 Å². The van der Waals surface area contributed by atoms with Gasteiger partial charge in [-0.2, -0.15) is 5.10 Å². The topological polar surface area (TPSA) is 106 Å². The van der Waals surface area contributed by atoms with Gasteiger partial charge in [0.05, 0.1) is 24.1 Å². The number of amides is 2. The third-order valence-corrected chi connectivity index (χ3v) is 5.80. The molecule has 0 unspecified atom stereocenters. The number of carbonyl (C=O) groups excluding carboxylic acids is 3. The highest BCUT2D eigenvalue weighted by atomic mass is 16.6. The second kappa shape index (κ2) is 14.0. The molecule has 4 aromatic carbocycles. The number of aryl methyl sites for hydroxylation is 1. The van der Waals surface area contributed by atoms with Gasteiger partial charge in [-0.25, -0.2) is 10.2 Å². The van der Waals surface area contributed by atoms with Gasteiger partial charge < -0.3 is 14.8 Å². The molecular formula is C33H29N3O5. The first-order valence-electron chi connectivity index (χ1n) is 12.9. The minimum Gasteiger partial charge on any atom is -0.490 e. The molecule has 0 aromatic heterocycles. The van der Waals surface area contributed by atoms with Crippen molar-refractivity contribution in [2.24, 2.45) is 5.10 Å². The number of benzene rings is 4. The summed E-state index contributed by atoms with van der Waals surface area (Å²) in [6.07, 6.45) is 4.45. The molecule has 4 rings (SSSR count). The van der Waals surface area contributed by atoms with Crippen LogP contribution in [0.3, 0.4) is 0 Å². The summed E-state index contributed by atoms with van der Waals surface area (Å²) >= 11 is 0. The minimum absolute atomic E-state index is 0.255. The van der Waals surface area contributed by atoms with Crippen LogP contribution in [0.25, 0.3) is 6.08 Å². The number of para-hydroxylation sites is 1. The fourth-order valence-corrected chi connectivity index (χ4v) is 3.74. The summed E-state index contributed by atoms with van der Waals surface area (Å²) in [4.78, 5) is 37.9. The average Bonchev–Trinajstić information content (AvgIpc) is 2.98. The molecule has 0 fully saturated rings. The number of esters is 1. The smallest absolute Gasteiger partial charge is 0.336 e. The number of anilines is 1. The number of ether oxygens (including phenoxy) is 2. The lowest BCUT2D eigenvalue weighted by Gasteiger charge is -2.11. The van der Waals surface area contributed by atoms with Gasteiger partial charge in [-0.05, 0) is 73.5 Å². The Morgan fingerprint density at radius 1 is 0.805 bits per heavy atom. The second-order valence-electron chi connectivity index (χ2n) is 8.87. The van der Waals surface area contributed by atoms with E-state index in [1.54, 1.807) is 60.7 Å². The van der Waals surface area contributed by atoms with E-state index < -0.39 is 11.9 Å². The lowest BCUT2D eigenvalue weighted by Crippen LogP contribution is -2.21. The fraction of sp³-hybridized carbons (Fsp3) is 0.0909. The van der Waals surface area contributed by atoms with Crippen LogP contribution < -0.4 is 20.2 Å². The number of carbonyl (C=O) groups is 3. The van der Waals surface area contributed by atoms with E-state index in [0.717, 1.165) is 11.1 Å². The lowest BCUT2D eigenvalue weighted by molar-refractivity contribution is -0.129. The molecule has 0 saturated heterocycles. The largest absolute Gasteiger partial charge is 0.490 e. The summed E-state index contributed by atoms with van der Waals surface area (Å²) in [5, 5.41) is 6.83. The number of nitrogens with one attached hydrogen (secondary N) is 2. The third-order valence-electron chi connectivity index (χ3n) is 5.80. The van der Waals surface area contributed by atoms with Crippen molar-refractivity contribution in [3.63, 3.8) is 0 Å². The molecule has 0 saturated carbocycles. The second-order valence-corrected chi connectivity index (χ2v) is 8.87. The predicted octanol–water partition coefficient (Wildman–Crippen LogP) is 6.03. The monoisotopic (exact) mass is 547 g/mol. The normalized spacial score (nSPS) is 10.9. The molecule has 0 atom stereocenters. The van der Waals surface area contributed by atoms with Gasteiger partial charge in [-0.1, -0.05) is 60.2 Å². The Morgan fingerprint density at radius 2 is 1.54 bits per heavy atom. The van der Waals surface area contributed by atoms with Gasteiger partial charge in [0, 0.05) is 11.6 Å². The Balaban J connectivity index is 1.40. The van der Waals surface area contributed by atoms with Crippen molar-refractivity contribution in [2.45, 2.75) is 13.8 Å². The quantitative estimate of drug-likeness (QED) is 0.0829.